The second-order valence-corrected chi connectivity index (χ2v) is 5.28. The maximum Gasteiger partial charge on any atom is 0.260 e. The monoisotopic (exact) mass is 300 g/mol. The second-order valence-electron chi connectivity index (χ2n) is 4.43. The van der Waals surface area contributed by atoms with Crippen molar-refractivity contribution in [3.63, 3.8) is 0 Å². The molecule has 1 rings (SSSR count). The number of hydrogen-bond donors (Lipinski definition) is 2. The fourth-order valence-corrected chi connectivity index (χ4v) is 1.75. The van der Waals surface area contributed by atoms with Crippen molar-refractivity contribution in [2.24, 2.45) is 5.73 Å². The van der Waals surface area contributed by atoms with E-state index in [0.717, 1.165) is 0 Å². The highest BCUT2D eigenvalue weighted by molar-refractivity contribution is 7.80. The van der Waals surface area contributed by atoms with Gasteiger partial charge in [-0.2, -0.15) is 0 Å². The normalized spacial score (nSPS) is 12.1. The van der Waals surface area contributed by atoms with Crippen molar-refractivity contribution in [3.8, 4) is 5.75 Å². The Bertz CT molecular complexity index is 492. The smallest absolute Gasteiger partial charge is 0.260 e. The molecule has 19 heavy (non-hydrogen) atoms. The molecule has 3 N–H and O–H groups in total. The SMILES string of the molecule is CC(C)NC(=O)C(C)Oc1ccc(C(N)=S)cc1Cl. The summed E-state index contributed by atoms with van der Waals surface area (Å²) in [6, 6.07) is 5.03. The molecule has 1 amide bonds. The maximum atomic E-state index is 11.7. The maximum absolute atomic E-state index is 11.7. The summed E-state index contributed by atoms with van der Waals surface area (Å²) in [7, 11) is 0. The number of hydrogen-bond acceptors (Lipinski definition) is 3. The second kappa shape index (κ2) is 6.73. The molecular formula is C13H17ClN2O2S. The van der Waals surface area contributed by atoms with Crippen LogP contribution in [0.25, 0.3) is 0 Å². The van der Waals surface area contributed by atoms with Gasteiger partial charge in [-0.25, -0.2) is 0 Å². The molecule has 104 valence electrons. The first-order valence-electron chi connectivity index (χ1n) is 5.87. The van der Waals surface area contributed by atoms with Crippen molar-refractivity contribution in [1.82, 2.24) is 5.32 Å². The Balaban J connectivity index is 2.77. The average Bonchev–Trinajstić information content (AvgIpc) is 2.30. The first-order chi connectivity index (χ1) is 8.81. The van der Waals surface area contributed by atoms with Crippen LogP contribution in [-0.4, -0.2) is 23.0 Å². The van der Waals surface area contributed by atoms with Crippen molar-refractivity contribution < 1.29 is 9.53 Å². The topological polar surface area (TPSA) is 64.3 Å². The van der Waals surface area contributed by atoms with Crippen LogP contribution in [0.15, 0.2) is 18.2 Å². The zero-order valence-corrected chi connectivity index (χ0v) is 12.6. The Labute approximate surface area is 123 Å². The molecule has 6 heteroatoms. The lowest BCUT2D eigenvalue weighted by Gasteiger charge is -2.17. The average molecular weight is 301 g/mol. The molecule has 0 spiro atoms. The van der Waals surface area contributed by atoms with Gasteiger partial charge in [0, 0.05) is 11.6 Å². The van der Waals surface area contributed by atoms with Crippen molar-refractivity contribution in [2.75, 3.05) is 0 Å². The van der Waals surface area contributed by atoms with Crippen LogP contribution < -0.4 is 15.8 Å². The zero-order chi connectivity index (χ0) is 14.6. The Hall–Kier alpha value is -1.33. The predicted octanol–water partition coefficient (Wildman–Crippen LogP) is 2.27. The lowest BCUT2D eigenvalue weighted by molar-refractivity contribution is -0.127. The van der Waals surface area contributed by atoms with E-state index in [2.05, 4.69) is 5.32 Å². The number of rotatable bonds is 5. The molecule has 1 aromatic carbocycles. The van der Waals surface area contributed by atoms with E-state index in [1.807, 2.05) is 13.8 Å². The van der Waals surface area contributed by atoms with Gasteiger partial charge in [-0.05, 0) is 39.0 Å². The summed E-state index contributed by atoms with van der Waals surface area (Å²) in [4.78, 5) is 12.0. The third-order valence-corrected chi connectivity index (χ3v) is 2.85. The number of thiocarbonyl (C=S) groups is 1. The third-order valence-electron chi connectivity index (χ3n) is 2.32. The molecule has 0 aromatic heterocycles. The summed E-state index contributed by atoms with van der Waals surface area (Å²) in [5.41, 5.74) is 6.16. The lowest BCUT2D eigenvalue weighted by Crippen LogP contribution is -2.40. The molecule has 1 aromatic rings. The predicted molar refractivity (Wildman–Crippen MR) is 80.7 cm³/mol. The minimum Gasteiger partial charge on any atom is -0.479 e. The zero-order valence-electron chi connectivity index (χ0n) is 11.1. The Morgan fingerprint density at radius 3 is 2.53 bits per heavy atom. The quantitative estimate of drug-likeness (QED) is 0.819. The molecule has 0 heterocycles. The standard InChI is InChI=1S/C13H17ClN2O2S/c1-7(2)16-13(17)8(3)18-11-5-4-9(12(15)19)6-10(11)14/h4-8H,1-3H3,(H2,15,19)(H,16,17). The van der Waals surface area contributed by atoms with Gasteiger partial charge < -0.3 is 15.8 Å². The minimum absolute atomic E-state index is 0.0611. The van der Waals surface area contributed by atoms with Crippen LogP contribution in [-0.2, 0) is 4.79 Å². The molecule has 0 saturated heterocycles. The van der Waals surface area contributed by atoms with Gasteiger partial charge in [0.15, 0.2) is 6.10 Å². The largest absolute Gasteiger partial charge is 0.479 e. The van der Waals surface area contributed by atoms with Crippen LogP contribution in [0, 0.1) is 0 Å². The van der Waals surface area contributed by atoms with Crippen LogP contribution in [0.2, 0.25) is 5.02 Å². The van der Waals surface area contributed by atoms with Gasteiger partial charge in [0.05, 0.1) is 5.02 Å². The van der Waals surface area contributed by atoms with Crippen LogP contribution in [0.5, 0.6) is 5.75 Å². The summed E-state index contributed by atoms with van der Waals surface area (Å²) >= 11 is 10.9. The van der Waals surface area contributed by atoms with Crippen molar-refractivity contribution >= 4 is 34.7 Å². The molecule has 0 radical (unpaired) electrons. The summed E-state index contributed by atoms with van der Waals surface area (Å²) < 4.78 is 5.51. The molecule has 0 saturated carbocycles. The molecule has 4 nitrogen and oxygen atoms in total. The molecule has 1 atom stereocenters. The fraction of sp³-hybridized carbons (Fsp3) is 0.385. The highest BCUT2D eigenvalue weighted by Gasteiger charge is 2.16. The van der Waals surface area contributed by atoms with E-state index in [1.165, 1.54) is 0 Å². The van der Waals surface area contributed by atoms with E-state index < -0.39 is 6.10 Å². The number of nitrogens with two attached hydrogens (primary N) is 1. The molecule has 0 fully saturated rings. The van der Waals surface area contributed by atoms with Gasteiger partial charge in [-0.15, -0.1) is 0 Å². The summed E-state index contributed by atoms with van der Waals surface area (Å²) in [5.74, 6) is 0.234. The van der Waals surface area contributed by atoms with Gasteiger partial charge in [0.2, 0.25) is 0 Å². The van der Waals surface area contributed by atoms with E-state index in [-0.39, 0.29) is 16.9 Å². The van der Waals surface area contributed by atoms with Crippen molar-refractivity contribution in [3.05, 3.63) is 28.8 Å². The number of amides is 1. The van der Waals surface area contributed by atoms with Gasteiger partial charge in [0.1, 0.15) is 10.7 Å². The molecule has 0 bridgehead atoms. The third kappa shape index (κ3) is 4.69. The van der Waals surface area contributed by atoms with Gasteiger partial charge in [0.25, 0.3) is 5.91 Å². The lowest BCUT2D eigenvalue weighted by atomic mass is 10.2. The highest BCUT2D eigenvalue weighted by atomic mass is 35.5. The summed E-state index contributed by atoms with van der Waals surface area (Å²) in [6.07, 6.45) is -0.629. The van der Waals surface area contributed by atoms with E-state index in [0.29, 0.717) is 16.3 Å². The molecule has 0 aliphatic heterocycles. The first-order valence-corrected chi connectivity index (χ1v) is 6.66. The minimum atomic E-state index is -0.629. The van der Waals surface area contributed by atoms with Crippen molar-refractivity contribution in [1.29, 1.82) is 0 Å². The number of carbonyl (C=O) groups is 1. The van der Waals surface area contributed by atoms with Gasteiger partial charge in [-0.3, -0.25) is 4.79 Å². The summed E-state index contributed by atoms with van der Waals surface area (Å²) in [5, 5.41) is 3.13. The van der Waals surface area contributed by atoms with Gasteiger partial charge >= 0.3 is 0 Å². The Kier molecular flexibility index (Phi) is 5.57. The number of carbonyl (C=O) groups excluding carboxylic acids is 1. The van der Waals surface area contributed by atoms with E-state index in [1.54, 1.807) is 25.1 Å². The number of ether oxygens (including phenoxy) is 1. The Morgan fingerprint density at radius 1 is 1.42 bits per heavy atom. The fourth-order valence-electron chi connectivity index (χ4n) is 1.40. The van der Waals surface area contributed by atoms with Crippen LogP contribution >= 0.6 is 23.8 Å². The van der Waals surface area contributed by atoms with Crippen LogP contribution in [0.4, 0.5) is 0 Å². The highest BCUT2D eigenvalue weighted by Crippen LogP contribution is 2.26. The first kappa shape index (κ1) is 15.7. The molecule has 1 unspecified atom stereocenters. The molecular weight excluding hydrogens is 284 g/mol. The van der Waals surface area contributed by atoms with Gasteiger partial charge in [-0.1, -0.05) is 23.8 Å². The van der Waals surface area contributed by atoms with E-state index in [9.17, 15) is 4.79 Å². The van der Waals surface area contributed by atoms with Crippen LogP contribution in [0.1, 0.15) is 26.3 Å². The van der Waals surface area contributed by atoms with E-state index >= 15 is 0 Å². The molecule has 0 aliphatic rings. The van der Waals surface area contributed by atoms with E-state index in [4.69, 9.17) is 34.3 Å². The van der Waals surface area contributed by atoms with Crippen molar-refractivity contribution in [2.45, 2.75) is 32.9 Å². The molecule has 0 aliphatic carbocycles. The Morgan fingerprint density at radius 2 is 2.05 bits per heavy atom. The number of nitrogens with one attached hydrogen (secondary N) is 1. The number of halogens is 1. The number of benzene rings is 1. The van der Waals surface area contributed by atoms with Crippen LogP contribution in [0.3, 0.4) is 0 Å². The summed E-state index contributed by atoms with van der Waals surface area (Å²) in [6.45, 7) is 5.43.